The number of guanidine groups is 1. The van der Waals surface area contributed by atoms with Gasteiger partial charge < -0.3 is 31.1 Å². The van der Waals surface area contributed by atoms with Gasteiger partial charge in [-0.25, -0.2) is 0 Å². The fourth-order valence-corrected chi connectivity index (χ4v) is 3.96. The summed E-state index contributed by atoms with van der Waals surface area (Å²) >= 11 is 0. The number of nitrogens with one attached hydrogen (secondary N) is 1. The van der Waals surface area contributed by atoms with Crippen LogP contribution < -0.4 is 16.8 Å². The van der Waals surface area contributed by atoms with Crippen LogP contribution in [0.4, 0.5) is 0 Å². The number of aliphatic imine (C=N–C) groups is 1. The van der Waals surface area contributed by atoms with E-state index in [0.717, 1.165) is 25.5 Å². The van der Waals surface area contributed by atoms with Gasteiger partial charge >= 0.3 is 11.9 Å². The fraction of sp³-hybridized carbons (Fsp3) is 0.852. The first-order valence-corrected chi connectivity index (χ1v) is 13.9. The highest BCUT2D eigenvalue weighted by molar-refractivity contribution is 5.75. The van der Waals surface area contributed by atoms with Crippen LogP contribution in [0.15, 0.2) is 4.99 Å². The van der Waals surface area contributed by atoms with Gasteiger partial charge in [0.25, 0.3) is 0 Å². The van der Waals surface area contributed by atoms with Crippen molar-refractivity contribution in [3.8, 4) is 0 Å². The number of esters is 2. The van der Waals surface area contributed by atoms with Crippen molar-refractivity contribution in [3.63, 3.8) is 0 Å². The molecule has 0 aromatic carbocycles. The second kappa shape index (κ2) is 24.5. The van der Waals surface area contributed by atoms with Gasteiger partial charge in [0.15, 0.2) is 5.96 Å². The highest BCUT2D eigenvalue weighted by Gasteiger charge is 2.22. The van der Waals surface area contributed by atoms with E-state index in [2.05, 4.69) is 17.2 Å². The third kappa shape index (κ3) is 21.1. The number of hydrogen-bond acceptors (Lipinski definition) is 7. The molecule has 0 heterocycles. The Morgan fingerprint density at radius 1 is 0.889 bits per heavy atom. The normalized spacial score (nSPS) is 12.5. The van der Waals surface area contributed by atoms with E-state index in [0.29, 0.717) is 32.4 Å². The minimum absolute atomic E-state index is 0.0180. The van der Waals surface area contributed by atoms with E-state index in [-0.39, 0.29) is 30.9 Å². The summed E-state index contributed by atoms with van der Waals surface area (Å²) in [5, 5.41) is 3.10. The Morgan fingerprint density at radius 3 is 2.00 bits per heavy atom. The second-order valence-corrected chi connectivity index (χ2v) is 9.47. The number of methoxy groups -OCH3 is 1. The van der Waals surface area contributed by atoms with E-state index in [9.17, 15) is 14.4 Å². The molecule has 9 nitrogen and oxygen atoms in total. The molecule has 210 valence electrons. The summed E-state index contributed by atoms with van der Waals surface area (Å²) in [5.74, 6) is -1.23. The van der Waals surface area contributed by atoms with Gasteiger partial charge in [0.2, 0.25) is 0 Å². The minimum atomic E-state index is -0.526. The summed E-state index contributed by atoms with van der Waals surface area (Å²) in [6.45, 7) is 3.30. The number of carbonyl (C=O) groups excluding carboxylic acids is 3. The molecule has 36 heavy (non-hydrogen) atoms. The summed E-state index contributed by atoms with van der Waals surface area (Å²) < 4.78 is 10.2. The van der Waals surface area contributed by atoms with Crippen molar-refractivity contribution < 1.29 is 23.9 Å². The van der Waals surface area contributed by atoms with E-state index in [1.165, 1.54) is 64.9 Å². The predicted octanol–water partition coefficient (Wildman–Crippen LogP) is 4.01. The molecule has 5 N–H and O–H groups in total. The number of nitrogens with two attached hydrogens (primary N) is 2. The highest BCUT2D eigenvalue weighted by Crippen LogP contribution is 2.13. The Kier molecular flexibility index (Phi) is 23.1. The molecule has 0 fully saturated rings. The SMILES string of the molecule is CCCCCCCCCCCCCCOC(=O)C(CCC(=O)OC)CN[C@H](C=O)CCCN=C(N)N. The molecule has 0 spiro atoms. The zero-order valence-corrected chi connectivity index (χ0v) is 22.8. The topological polar surface area (TPSA) is 146 Å². The van der Waals surface area contributed by atoms with E-state index in [1.807, 2.05) is 0 Å². The molecular formula is C27H52N4O5. The molecule has 0 aliphatic heterocycles. The molecular weight excluding hydrogens is 460 g/mol. The molecule has 0 aliphatic rings. The van der Waals surface area contributed by atoms with Gasteiger partial charge in [-0.2, -0.15) is 0 Å². The lowest BCUT2D eigenvalue weighted by molar-refractivity contribution is -0.149. The van der Waals surface area contributed by atoms with Crippen molar-refractivity contribution in [3.05, 3.63) is 0 Å². The lowest BCUT2D eigenvalue weighted by Crippen LogP contribution is -2.38. The van der Waals surface area contributed by atoms with Gasteiger partial charge in [-0.15, -0.1) is 0 Å². The Bertz CT molecular complexity index is 597. The molecule has 1 unspecified atom stereocenters. The summed E-state index contributed by atoms with van der Waals surface area (Å²) in [5.41, 5.74) is 10.6. The summed E-state index contributed by atoms with van der Waals surface area (Å²) in [4.78, 5) is 39.5. The van der Waals surface area contributed by atoms with Crippen LogP contribution in [0.1, 0.15) is 110 Å². The van der Waals surface area contributed by atoms with Gasteiger partial charge in [-0.05, 0) is 25.7 Å². The Labute approximate surface area is 218 Å². The van der Waals surface area contributed by atoms with Crippen molar-refractivity contribution in [2.75, 3.05) is 26.8 Å². The molecule has 2 atom stereocenters. The van der Waals surface area contributed by atoms with E-state index in [4.69, 9.17) is 20.9 Å². The van der Waals surface area contributed by atoms with Crippen LogP contribution in [0.5, 0.6) is 0 Å². The van der Waals surface area contributed by atoms with Gasteiger partial charge in [-0.1, -0.05) is 77.6 Å². The maximum absolute atomic E-state index is 12.6. The first kappa shape index (κ1) is 33.8. The maximum atomic E-state index is 12.6. The lowest BCUT2D eigenvalue weighted by Gasteiger charge is -2.19. The van der Waals surface area contributed by atoms with E-state index < -0.39 is 12.0 Å². The number of rotatable bonds is 25. The Hall–Kier alpha value is -2.16. The van der Waals surface area contributed by atoms with Crippen molar-refractivity contribution >= 4 is 24.2 Å². The van der Waals surface area contributed by atoms with Gasteiger partial charge in [0.05, 0.1) is 25.7 Å². The molecule has 0 aromatic heterocycles. The standard InChI is InChI=1S/C27H52N4O5/c1-3-4-5-6-7-8-9-10-11-12-13-14-20-36-26(34)23(17-18-25(33)35-2)21-31-24(22-32)16-15-19-30-27(28)29/h22-24,31H,3-21H2,1-2H3,(H4,28,29,30)/t23?,24-/m0/s1. The first-order chi connectivity index (χ1) is 17.4. The number of aldehydes is 1. The van der Waals surface area contributed by atoms with Crippen LogP contribution >= 0.6 is 0 Å². The van der Waals surface area contributed by atoms with Gasteiger partial charge in [0, 0.05) is 19.5 Å². The Morgan fingerprint density at radius 2 is 1.47 bits per heavy atom. The number of carbonyl (C=O) groups is 3. The van der Waals surface area contributed by atoms with Crippen molar-refractivity contribution in [1.82, 2.24) is 5.32 Å². The molecule has 0 rings (SSSR count). The summed E-state index contributed by atoms with van der Waals surface area (Å²) in [7, 11) is 1.32. The molecule has 0 bridgehead atoms. The average Bonchev–Trinajstić information content (AvgIpc) is 2.87. The number of nitrogens with zero attached hydrogens (tertiary/aromatic N) is 1. The molecule has 0 aliphatic carbocycles. The number of unbranched alkanes of at least 4 members (excludes halogenated alkanes) is 11. The number of ether oxygens (including phenoxy) is 2. The van der Waals surface area contributed by atoms with Crippen LogP contribution in [-0.2, 0) is 23.9 Å². The van der Waals surface area contributed by atoms with E-state index >= 15 is 0 Å². The number of hydrogen-bond donors (Lipinski definition) is 3. The fourth-order valence-electron chi connectivity index (χ4n) is 3.96. The van der Waals surface area contributed by atoms with Gasteiger partial charge in [0.1, 0.15) is 6.29 Å². The van der Waals surface area contributed by atoms with Crippen LogP contribution in [0.2, 0.25) is 0 Å². The van der Waals surface area contributed by atoms with Crippen molar-refractivity contribution in [2.45, 2.75) is 116 Å². The zero-order chi connectivity index (χ0) is 26.9. The molecule has 0 saturated heterocycles. The lowest BCUT2D eigenvalue weighted by atomic mass is 10.0. The molecule has 9 heteroatoms. The largest absolute Gasteiger partial charge is 0.469 e. The molecule has 0 saturated carbocycles. The Balaban J connectivity index is 4.18. The minimum Gasteiger partial charge on any atom is -0.469 e. The third-order valence-corrected chi connectivity index (χ3v) is 6.26. The monoisotopic (exact) mass is 512 g/mol. The van der Waals surface area contributed by atoms with Gasteiger partial charge in [-0.3, -0.25) is 14.6 Å². The van der Waals surface area contributed by atoms with Crippen LogP contribution in [0.25, 0.3) is 0 Å². The highest BCUT2D eigenvalue weighted by atomic mass is 16.5. The predicted molar refractivity (Wildman–Crippen MR) is 145 cm³/mol. The van der Waals surface area contributed by atoms with Crippen molar-refractivity contribution in [2.24, 2.45) is 22.4 Å². The third-order valence-electron chi connectivity index (χ3n) is 6.26. The van der Waals surface area contributed by atoms with Crippen LogP contribution in [0.3, 0.4) is 0 Å². The van der Waals surface area contributed by atoms with Crippen LogP contribution in [-0.4, -0.2) is 57.0 Å². The maximum Gasteiger partial charge on any atom is 0.310 e. The summed E-state index contributed by atoms with van der Waals surface area (Å²) in [6, 6.07) is -0.427. The average molecular weight is 513 g/mol. The smallest absolute Gasteiger partial charge is 0.310 e. The second-order valence-electron chi connectivity index (χ2n) is 9.47. The summed E-state index contributed by atoms with van der Waals surface area (Å²) in [6.07, 6.45) is 17.3. The zero-order valence-electron chi connectivity index (χ0n) is 22.8. The van der Waals surface area contributed by atoms with Crippen LogP contribution in [0, 0.1) is 5.92 Å². The molecule has 0 aromatic rings. The molecule has 0 radical (unpaired) electrons. The van der Waals surface area contributed by atoms with Crippen molar-refractivity contribution in [1.29, 1.82) is 0 Å². The van der Waals surface area contributed by atoms with E-state index in [1.54, 1.807) is 0 Å². The first-order valence-electron chi connectivity index (χ1n) is 13.9. The molecule has 0 amide bonds. The quantitative estimate of drug-likeness (QED) is 0.0547.